The fraction of sp³-hybridized carbons (Fsp3) is 0.333. The van der Waals surface area contributed by atoms with E-state index in [9.17, 15) is 9.59 Å². The molecule has 0 unspecified atom stereocenters. The summed E-state index contributed by atoms with van der Waals surface area (Å²) in [5.41, 5.74) is 1.13. The van der Waals surface area contributed by atoms with E-state index in [0.717, 1.165) is 10.4 Å². The first-order valence-corrected chi connectivity index (χ1v) is 5.17. The van der Waals surface area contributed by atoms with Crippen LogP contribution in [0.5, 0.6) is 0 Å². The third-order valence-corrected chi connectivity index (χ3v) is 3.21. The highest BCUT2D eigenvalue weighted by Crippen LogP contribution is 2.18. The first-order chi connectivity index (χ1) is 6.68. The molecule has 1 aliphatic heterocycles. The van der Waals surface area contributed by atoms with Gasteiger partial charge in [0, 0.05) is 4.88 Å². The summed E-state index contributed by atoms with van der Waals surface area (Å²) < 4.78 is 0. The number of carbonyl (C=O) groups excluding carboxylic acids is 2. The first kappa shape index (κ1) is 9.21. The lowest BCUT2D eigenvalue weighted by Crippen LogP contribution is -2.30. The van der Waals surface area contributed by atoms with Crippen LogP contribution in [-0.4, -0.2) is 23.4 Å². The van der Waals surface area contributed by atoms with Crippen molar-refractivity contribution < 1.29 is 9.59 Å². The van der Waals surface area contributed by atoms with Crippen LogP contribution < -0.4 is 5.32 Å². The SMILES string of the molecule is Cc1ccsc1CN1C(=O)CNC1=O. The molecule has 74 valence electrons. The van der Waals surface area contributed by atoms with Crippen LogP contribution in [-0.2, 0) is 11.3 Å². The molecule has 1 fully saturated rings. The number of rotatable bonds is 2. The van der Waals surface area contributed by atoms with Gasteiger partial charge in [0.1, 0.15) is 0 Å². The summed E-state index contributed by atoms with van der Waals surface area (Å²) in [7, 11) is 0. The van der Waals surface area contributed by atoms with Gasteiger partial charge in [-0.05, 0) is 23.9 Å². The summed E-state index contributed by atoms with van der Waals surface area (Å²) in [6, 6.07) is 1.70. The summed E-state index contributed by atoms with van der Waals surface area (Å²) in [6.07, 6.45) is 0. The Kier molecular flexibility index (Phi) is 2.25. The van der Waals surface area contributed by atoms with Crippen molar-refractivity contribution in [1.82, 2.24) is 10.2 Å². The molecule has 1 aromatic heterocycles. The van der Waals surface area contributed by atoms with Crippen molar-refractivity contribution in [2.75, 3.05) is 6.54 Å². The lowest BCUT2D eigenvalue weighted by atomic mass is 10.3. The molecule has 1 N–H and O–H groups in total. The minimum atomic E-state index is -0.289. The number of carbonyl (C=O) groups is 2. The van der Waals surface area contributed by atoms with Gasteiger partial charge in [-0.3, -0.25) is 9.69 Å². The highest BCUT2D eigenvalue weighted by molar-refractivity contribution is 7.10. The summed E-state index contributed by atoms with van der Waals surface area (Å²) >= 11 is 1.57. The second kappa shape index (κ2) is 3.42. The lowest BCUT2D eigenvalue weighted by molar-refractivity contribution is -0.125. The standard InChI is InChI=1S/C9H10N2O2S/c1-6-2-3-14-7(6)5-11-8(12)4-10-9(11)13/h2-3H,4-5H2,1H3,(H,10,13). The van der Waals surface area contributed by atoms with Gasteiger partial charge in [0.05, 0.1) is 13.1 Å². The number of nitrogens with zero attached hydrogens (tertiary/aromatic N) is 1. The molecule has 2 heterocycles. The minimum Gasteiger partial charge on any atom is -0.329 e. The predicted octanol–water partition coefficient (Wildman–Crippen LogP) is 1.11. The van der Waals surface area contributed by atoms with Crippen molar-refractivity contribution in [3.8, 4) is 0 Å². The number of nitrogens with one attached hydrogen (secondary N) is 1. The van der Waals surface area contributed by atoms with Crippen LogP contribution in [0.25, 0.3) is 0 Å². The normalized spacial score (nSPS) is 16.2. The number of imide groups is 1. The van der Waals surface area contributed by atoms with Crippen molar-refractivity contribution in [2.45, 2.75) is 13.5 Å². The van der Waals surface area contributed by atoms with Crippen molar-refractivity contribution in [3.63, 3.8) is 0 Å². The quantitative estimate of drug-likeness (QED) is 0.743. The maximum absolute atomic E-state index is 11.3. The molecule has 1 saturated heterocycles. The Morgan fingerprint density at radius 3 is 2.86 bits per heavy atom. The van der Waals surface area contributed by atoms with Gasteiger partial charge >= 0.3 is 6.03 Å². The van der Waals surface area contributed by atoms with E-state index >= 15 is 0 Å². The van der Waals surface area contributed by atoms with E-state index in [1.807, 2.05) is 18.4 Å². The lowest BCUT2D eigenvalue weighted by Gasteiger charge is -2.11. The zero-order valence-corrected chi connectivity index (χ0v) is 8.56. The maximum atomic E-state index is 11.3. The second-order valence-corrected chi connectivity index (χ2v) is 4.17. The van der Waals surface area contributed by atoms with Crippen LogP contribution in [0, 0.1) is 6.92 Å². The Morgan fingerprint density at radius 2 is 2.36 bits per heavy atom. The molecule has 5 heteroatoms. The monoisotopic (exact) mass is 210 g/mol. The molecule has 0 atom stereocenters. The first-order valence-electron chi connectivity index (χ1n) is 4.29. The average molecular weight is 210 g/mol. The molecule has 1 aliphatic rings. The highest BCUT2D eigenvalue weighted by Gasteiger charge is 2.28. The van der Waals surface area contributed by atoms with Crippen molar-refractivity contribution >= 4 is 23.3 Å². The van der Waals surface area contributed by atoms with Gasteiger partial charge in [0.2, 0.25) is 5.91 Å². The summed E-state index contributed by atoms with van der Waals surface area (Å²) in [5.74, 6) is -0.150. The molecule has 3 amide bonds. The predicted molar refractivity (Wildman–Crippen MR) is 53.0 cm³/mol. The number of hydrogen-bond donors (Lipinski definition) is 1. The van der Waals surface area contributed by atoms with Crippen LogP contribution in [0.15, 0.2) is 11.4 Å². The Hall–Kier alpha value is -1.36. The molecule has 0 bridgehead atoms. The Bertz CT molecular complexity index is 370. The van der Waals surface area contributed by atoms with Gasteiger partial charge in [-0.25, -0.2) is 4.79 Å². The van der Waals surface area contributed by atoms with Crippen LogP contribution in [0.2, 0.25) is 0 Å². The van der Waals surface area contributed by atoms with Crippen LogP contribution in [0.1, 0.15) is 10.4 Å². The maximum Gasteiger partial charge on any atom is 0.324 e. The van der Waals surface area contributed by atoms with Gasteiger partial charge in [-0.2, -0.15) is 0 Å². The van der Waals surface area contributed by atoms with E-state index in [-0.39, 0.29) is 18.5 Å². The molecule has 0 aliphatic carbocycles. The molecule has 4 nitrogen and oxygen atoms in total. The Labute approximate surface area is 85.5 Å². The summed E-state index contributed by atoms with van der Waals surface area (Å²) in [4.78, 5) is 24.8. The number of aryl methyl sites for hydroxylation is 1. The Morgan fingerprint density at radius 1 is 1.57 bits per heavy atom. The van der Waals surface area contributed by atoms with Gasteiger partial charge in [-0.1, -0.05) is 0 Å². The highest BCUT2D eigenvalue weighted by atomic mass is 32.1. The van der Waals surface area contributed by atoms with Crippen molar-refractivity contribution in [3.05, 3.63) is 21.9 Å². The van der Waals surface area contributed by atoms with Crippen molar-refractivity contribution in [1.29, 1.82) is 0 Å². The largest absolute Gasteiger partial charge is 0.329 e. The zero-order valence-electron chi connectivity index (χ0n) is 7.74. The molecule has 0 saturated carbocycles. The molecular weight excluding hydrogens is 200 g/mol. The van der Waals surface area contributed by atoms with Crippen LogP contribution >= 0.6 is 11.3 Å². The smallest absolute Gasteiger partial charge is 0.324 e. The molecule has 1 aromatic rings. The topological polar surface area (TPSA) is 49.4 Å². The molecular formula is C9H10N2O2S. The van der Waals surface area contributed by atoms with Gasteiger partial charge < -0.3 is 5.32 Å². The fourth-order valence-electron chi connectivity index (χ4n) is 1.33. The number of hydrogen-bond acceptors (Lipinski definition) is 3. The molecule has 0 spiro atoms. The third kappa shape index (κ3) is 1.50. The van der Waals surface area contributed by atoms with E-state index in [1.54, 1.807) is 11.3 Å². The second-order valence-electron chi connectivity index (χ2n) is 3.17. The third-order valence-electron chi connectivity index (χ3n) is 2.21. The van der Waals surface area contributed by atoms with E-state index in [4.69, 9.17) is 0 Å². The summed E-state index contributed by atoms with van der Waals surface area (Å²) in [6.45, 7) is 2.50. The molecule has 0 radical (unpaired) electrons. The van der Waals surface area contributed by atoms with Crippen LogP contribution in [0.3, 0.4) is 0 Å². The molecule has 0 aromatic carbocycles. The zero-order chi connectivity index (χ0) is 10.1. The number of urea groups is 1. The average Bonchev–Trinajstić information content (AvgIpc) is 2.67. The van der Waals surface area contributed by atoms with Gasteiger partial charge in [0.15, 0.2) is 0 Å². The minimum absolute atomic E-state index is 0.128. The molecule has 14 heavy (non-hydrogen) atoms. The van der Waals surface area contributed by atoms with Gasteiger partial charge in [0.25, 0.3) is 0 Å². The van der Waals surface area contributed by atoms with Gasteiger partial charge in [-0.15, -0.1) is 11.3 Å². The van der Waals surface area contributed by atoms with E-state index in [1.165, 1.54) is 4.90 Å². The van der Waals surface area contributed by atoms with E-state index < -0.39 is 0 Å². The van der Waals surface area contributed by atoms with E-state index in [0.29, 0.717) is 6.54 Å². The van der Waals surface area contributed by atoms with Crippen LogP contribution in [0.4, 0.5) is 4.79 Å². The molecule has 2 rings (SSSR count). The fourth-order valence-corrected chi connectivity index (χ4v) is 2.22. The van der Waals surface area contributed by atoms with Crippen molar-refractivity contribution in [2.24, 2.45) is 0 Å². The Balaban J connectivity index is 2.15. The number of amides is 3. The number of thiophene rings is 1. The summed E-state index contributed by atoms with van der Waals surface area (Å²) in [5, 5.41) is 4.45. The van der Waals surface area contributed by atoms with E-state index in [2.05, 4.69) is 5.32 Å².